The Labute approximate surface area is 189 Å². The summed E-state index contributed by atoms with van der Waals surface area (Å²) in [4.78, 5) is 14.8. The minimum absolute atomic E-state index is 0.249. The molecule has 0 saturated carbocycles. The normalized spacial score (nSPS) is 15.7. The molecule has 140 valence electrons. The van der Waals surface area contributed by atoms with Crippen molar-refractivity contribution in [3.8, 4) is 11.3 Å². The second-order valence-electron chi connectivity index (χ2n) is 5.82. The van der Waals surface area contributed by atoms with Gasteiger partial charge in [-0.25, -0.2) is 0 Å². The Morgan fingerprint density at radius 1 is 1.07 bits per heavy atom. The van der Waals surface area contributed by atoms with E-state index in [9.17, 15) is 4.79 Å². The van der Waals surface area contributed by atoms with Crippen LogP contribution in [-0.2, 0) is 4.79 Å². The van der Waals surface area contributed by atoms with Crippen molar-refractivity contribution in [2.24, 2.45) is 0 Å². The van der Waals surface area contributed by atoms with Gasteiger partial charge in [-0.3, -0.25) is 9.69 Å². The van der Waals surface area contributed by atoms with Gasteiger partial charge in [-0.15, -0.1) is 0 Å². The van der Waals surface area contributed by atoms with Gasteiger partial charge >= 0.3 is 0 Å². The maximum absolute atomic E-state index is 12.9. The van der Waals surface area contributed by atoms with Gasteiger partial charge in [-0.1, -0.05) is 75.2 Å². The lowest BCUT2D eigenvalue weighted by atomic mass is 10.2. The maximum Gasteiger partial charge on any atom is 0.270 e. The van der Waals surface area contributed by atoms with Crippen LogP contribution >= 0.6 is 63.1 Å². The standard InChI is InChI=1S/C20H10BrCl2NO2S2/c21-12-3-1-11(2-4-12)17-8-6-14(26-17)10-18-19(25)24(20(27)28-18)16-7-5-13(22)9-15(16)23/h1-10H/b18-10-. The van der Waals surface area contributed by atoms with E-state index in [0.29, 0.717) is 30.7 Å². The number of rotatable bonds is 3. The summed E-state index contributed by atoms with van der Waals surface area (Å²) in [5.41, 5.74) is 1.45. The molecule has 1 aromatic heterocycles. The Morgan fingerprint density at radius 2 is 1.82 bits per heavy atom. The van der Waals surface area contributed by atoms with Crippen molar-refractivity contribution in [3.63, 3.8) is 0 Å². The van der Waals surface area contributed by atoms with Crippen molar-refractivity contribution in [1.29, 1.82) is 0 Å². The predicted molar refractivity (Wildman–Crippen MR) is 124 cm³/mol. The number of furan rings is 1. The molecule has 1 amide bonds. The van der Waals surface area contributed by atoms with E-state index in [1.54, 1.807) is 24.3 Å². The minimum Gasteiger partial charge on any atom is -0.457 e. The van der Waals surface area contributed by atoms with E-state index in [1.807, 2.05) is 36.4 Å². The van der Waals surface area contributed by atoms with Gasteiger partial charge in [0.25, 0.3) is 5.91 Å². The highest BCUT2D eigenvalue weighted by Crippen LogP contribution is 2.40. The molecule has 0 aliphatic carbocycles. The van der Waals surface area contributed by atoms with Gasteiger partial charge in [0, 0.05) is 21.1 Å². The molecule has 1 saturated heterocycles. The van der Waals surface area contributed by atoms with E-state index in [1.165, 1.54) is 16.7 Å². The number of hydrogen-bond acceptors (Lipinski definition) is 4. The first-order valence-corrected chi connectivity index (χ1v) is 10.8. The fraction of sp³-hybridized carbons (Fsp3) is 0. The van der Waals surface area contributed by atoms with Crippen LogP contribution in [0.4, 0.5) is 5.69 Å². The van der Waals surface area contributed by atoms with E-state index < -0.39 is 0 Å². The SMILES string of the molecule is O=C1/C(=C/c2ccc(-c3ccc(Br)cc3)o2)SC(=S)N1c1ccc(Cl)cc1Cl. The molecule has 28 heavy (non-hydrogen) atoms. The molecule has 4 rings (SSSR count). The average molecular weight is 511 g/mol. The largest absolute Gasteiger partial charge is 0.457 e. The van der Waals surface area contributed by atoms with Gasteiger partial charge in [0.2, 0.25) is 0 Å². The van der Waals surface area contributed by atoms with Gasteiger partial charge in [-0.05, 0) is 42.5 Å². The molecule has 0 atom stereocenters. The van der Waals surface area contributed by atoms with Gasteiger partial charge in [0.1, 0.15) is 11.5 Å². The van der Waals surface area contributed by atoms with E-state index in [-0.39, 0.29) is 5.91 Å². The zero-order chi connectivity index (χ0) is 19.8. The molecule has 2 aromatic carbocycles. The quantitative estimate of drug-likeness (QED) is 0.271. The zero-order valence-electron chi connectivity index (χ0n) is 14.0. The van der Waals surface area contributed by atoms with Crippen LogP contribution in [0.1, 0.15) is 5.76 Å². The Morgan fingerprint density at radius 3 is 2.54 bits per heavy atom. The zero-order valence-corrected chi connectivity index (χ0v) is 18.7. The van der Waals surface area contributed by atoms with Crippen molar-refractivity contribution in [2.45, 2.75) is 0 Å². The summed E-state index contributed by atoms with van der Waals surface area (Å²) >= 11 is 22.2. The Kier molecular flexibility index (Phi) is 5.67. The second-order valence-corrected chi connectivity index (χ2v) is 9.26. The Balaban J connectivity index is 1.62. The monoisotopic (exact) mass is 509 g/mol. The summed E-state index contributed by atoms with van der Waals surface area (Å²) < 4.78 is 7.27. The van der Waals surface area contributed by atoms with Crippen LogP contribution < -0.4 is 4.90 Å². The summed E-state index contributed by atoms with van der Waals surface area (Å²) in [7, 11) is 0. The number of benzene rings is 2. The highest BCUT2D eigenvalue weighted by atomic mass is 79.9. The second kappa shape index (κ2) is 8.05. The lowest BCUT2D eigenvalue weighted by Crippen LogP contribution is -2.27. The molecule has 0 spiro atoms. The average Bonchev–Trinajstić information content (AvgIpc) is 3.22. The van der Waals surface area contributed by atoms with Crippen molar-refractivity contribution in [2.75, 3.05) is 4.90 Å². The number of carbonyl (C=O) groups is 1. The van der Waals surface area contributed by atoms with Crippen molar-refractivity contribution < 1.29 is 9.21 Å². The summed E-state index contributed by atoms with van der Waals surface area (Å²) in [6, 6.07) is 16.4. The van der Waals surface area contributed by atoms with E-state index in [2.05, 4.69) is 15.9 Å². The first-order chi connectivity index (χ1) is 13.4. The van der Waals surface area contributed by atoms with E-state index in [0.717, 1.165) is 15.8 Å². The number of amides is 1. The topological polar surface area (TPSA) is 33.5 Å². The van der Waals surface area contributed by atoms with Crippen molar-refractivity contribution in [1.82, 2.24) is 0 Å². The van der Waals surface area contributed by atoms with Crippen LogP contribution in [0, 0.1) is 0 Å². The highest BCUT2D eigenvalue weighted by Gasteiger charge is 2.34. The van der Waals surface area contributed by atoms with Gasteiger partial charge in [0.05, 0.1) is 15.6 Å². The summed E-state index contributed by atoms with van der Waals surface area (Å²) in [5, 5.41) is 0.853. The molecule has 1 aliphatic heterocycles. The number of thioether (sulfide) groups is 1. The third-order valence-corrected chi connectivity index (χ3v) is 6.34. The van der Waals surface area contributed by atoms with E-state index in [4.69, 9.17) is 39.8 Å². The Hall–Kier alpha value is -1.57. The third-order valence-electron chi connectivity index (χ3n) is 3.97. The maximum atomic E-state index is 12.9. The van der Waals surface area contributed by atoms with Crippen LogP contribution in [0.25, 0.3) is 17.4 Å². The number of thiocarbonyl (C=S) groups is 1. The first kappa shape index (κ1) is 19.7. The molecular weight excluding hydrogens is 501 g/mol. The van der Waals surface area contributed by atoms with Crippen molar-refractivity contribution >= 4 is 85.1 Å². The summed E-state index contributed by atoms with van der Waals surface area (Å²) in [6.07, 6.45) is 1.69. The lowest BCUT2D eigenvalue weighted by Gasteiger charge is -2.16. The minimum atomic E-state index is -0.249. The smallest absolute Gasteiger partial charge is 0.270 e. The molecule has 0 unspecified atom stereocenters. The summed E-state index contributed by atoms with van der Waals surface area (Å²) in [6.45, 7) is 0. The van der Waals surface area contributed by atoms with Gasteiger partial charge < -0.3 is 4.42 Å². The highest BCUT2D eigenvalue weighted by molar-refractivity contribution is 9.10. The van der Waals surface area contributed by atoms with Crippen LogP contribution in [0.15, 0.2) is 68.4 Å². The molecule has 8 heteroatoms. The predicted octanol–water partition coefficient (Wildman–Crippen LogP) is 7.42. The number of hydrogen-bond donors (Lipinski definition) is 0. The van der Waals surface area contributed by atoms with Crippen molar-refractivity contribution in [3.05, 3.63) is 79.8 Å². The Bertz CT molecular complexity index is 1130. The fourth-order valence-electron chi connectivity index (χ4n) is 2.67. The number of anilines is 1. The molecular formula is C20H10BrCl2NO2S2. The van der Waals surface area contributed by atoms with Crippen LogP contribution in [0.2, 0.25) is 10.0 Å². The molecule has 1 aliphatic rings. The number of nitrogens with zero attached hydrogens (tertiary/aromatic N) is 1. The van der Waals surface area contributed by atoms with Gasteiger partial charge in [0.15, 0.2) is 4.32 Å². The van der Waals surface area contributed by atoms with Crippen LogP contribution in [0.5, 0.6) is 0 Å². The van der Waals surface area contributed by atoms with Crippen LogP contribution in [-0.4, -0.2) is 10.2 Å². The molecule has 1 fully saturated rings. The molecule has 3 aromatic rings. The molecule has 2 heterocycles. The van der Waals surface area contributed by atoms with Crippen LogP contribution in [0.3, 0.4) is 0 Å². The summed E-state index contributed by atoms with van der Waals surface area (Å²) in [5.74, 6) is 1.04. The fourth-order valence-corrected chi connectivity index (χ4v) is 4.69. The van der Waals surface area contributed by atoms with Gasteiger partial charge in [-0.2, -0.15) is 0 Å². The molecule has 0 radical (unpaired) electrons. The van der Waals surface area contributed by atoms with E-state index >= 15 is 0 Å². The number of carbonyl (C=O) groups excluding carboxylic acids is 1. The third kappa shape index (κ3) is 3.93. The molecule has 3 nitrogen and oxygen atoms in total. The first-order valence-electron chi connectivity index (χ1n) is 8.01. The number of halogens is 3. The molecule has 0 N–H and O–H groups in total. The molecule has 0 bridgehead atoms. The lowest BCUT2D eigenvalue weighted by molar-refractivity contribution is -0.113.